The Labute approximate surface area is 101 Å². The molecular weight excluding hydrogens is 218 g/mol. The van der Waals surface area contributed by atoms with Gasteiger partial charge in [0, 0.05) is 6.42 Å². The lowest BCUT2D eigenvalue weighted by Crippen LogP contribution is -2.03. The average molecular weight is 235 g/mol. The number of nitrogen functional groups attached to an aromatic ring is 1. The van der Waals surface area contributed by atoms with Crippen LogP contribution in [-0.2, 0) is 9.53 Å². The Kier molecular flexibility index (Phi) is 5.13. The van der Waals surface area contributed by atoms with Crippen molar-refractivity contribution in [2.24, 2.45) is 0 Å². The molecule has 2 N–H and O–H groups in total. The van der Waals surface area contributed by atoms with Crippen molar-refractivity contribution in [3.63, 3.8) is 0 Å². The van der Waals surface area contributed by atoms with Gasteiger partial charge in [-0.05, 0) is 26.3 Å². The predicted molar refractivity (Wildman–Crippen MR) is 66.0 cm³/mol. The molecule has 0 aliphatic rings. The highest BCUT2D eigenvalue weighted by Crippen LogP contribution is 2.09. The van der Waals surface area contributed by atoms with Gasteiger partial charge in [-0.3, -0.25) is 9.78 Å². The van der Waals surface area contributed by atoms with Crippen LogP contribution < -0.4 is 5.73 Å². The summed E-state index contributed by atoms with van der Waals surface area (Å²) >= 11 is 0. The maximum atomic E-state index is 11.2. The molecule has 0 aromatic carbocycles. The first-order valence-corrected chi connectivity index (χ1v) is 5.52. The van der Waals surface area contributed by atoms with Gasteiger partial charge in [0.25, 0.3) is 0 Å². The number of hydrogen-bond acceptors (Lipinski definition) is 5. The number of rotatable bonds is 5. The van der Waals surface area contributed by atoms with Gasteiger partial charge in [0.15, 0.2) is 0 Å². The molecule has 1 rings (SSSR count). The SMILES string of the molecule is CCOC(=O)CC/C(C)=C/c1cnc(N)cn1. The molecular formula is C12H17N3O2. The highest BCUT2D eigenvalue weighted by molar-refractivity contribution is 5.70. The maximum Gasteiger partial charge on any atom is 0.306 e. The third-order valence-electron chi connectivity index (χ3n) is 2.11. The molecule has 17 heavy (non-hydrogen) atoms. The van der Waals surface area contributed by atoms with Crippen molar-refractivity contribution in [1.29, 1.82) is 0 Å². The largest absolute Gasteiger partial charge is 0.466 e. The Hall–Kier alpha value is -1.91. The number of hydrogen-bond donors (Lipinski definition) is 1. The van der Waals surface area contributed by atoms with E-state index in [1.165, 1.54) is 6.20 Å². The molecule has 5 heteroatoms. The smallest absolute Gasteiger partial charge is 0.306 e. The molecule has 0 atom stereocenters. The second-order valence-electron chi connectivity index (χ2n) is 3.66. The summed E-state index contributed by atoms with van der Waals surface area (Å²) in [4.78, 5) is 19.2. The quantitative estimate of drug-likeness (QED) is 0.787. The number of nitrogens with two attached hydrogens (primary N) is 1. The van der Waals surface area contributed by atoms with E-state index < -0.39 is 0 Å². The zero-order valence-corrected chi connectivity index (χ0v) is 10.1. The summed E-state index contributed by atoms with van der Waals surface area (Å²) in [6.45, 7) is 4.16. The van der Waals surface area contributed by atoms with Crippen molar-refractivity contribution in [1.82, 2.24) is 9.97 Å². The number of carbonyl (C=O) groups excluding carboxylic acids is 1. The number of aromatic nitrogens is 2. The van der Waals surface area contributed by atoms with Gasteiger partial charge in [-0.2, -0.15) is 0 Å². The van der Waals surface area contributed by atoms with Crippen LogP contribution in [-0.4, -0.2) is 22.5 Å². The minimum absolute atomic E-state index is 0.177. The van der Waals surface area contributed by atoms with Crippen LogP contribution in [0.25, 0.3) is 6.08 Å². The zero-order chi connectivity index (χ0) is 12.7. The molecule has 92 valence electrons. The van der Waals surface area contributed by atoms with Crippen LogP contribution in [0.1, 0.15) is 32.4 Å². The first-order chi connectivity index (χ1) is 8.11. The van der Waals surface area contributed by atoms with Crippen molar-refractivity contribution in [2.75, 3.05) is 12.3 Å². The lowest BCUT2D eigenvalue weighted by Gasteiger charge is -2.02. The minimum Gasteiger partial charge on any atom is -0.466 e. The molecule has 0 unspecified atom stereocenters. The van der Waals surface area contributed by atoms with Gasteiger partial charge in [-0.1, -0.05) is 5.57 Å². The number of ether oxygens (including phenoxy) is 1. The summed E-state index contributed by atoms with van der Waals surface area (Å²) < 4.78 is 4.85. The van der Waals surface area contributed by atoms with E-state index in [1.807, 2.05) is 13.0 Å². The van der Waals surface area contributed by atoms with Crippen LogP contribution in [0.2, 0.25) is 0 Å². The molecule has 5 nitrogen and oxygen atoms in total. The summed E-state index contributed by atoms with van der Waals surface area (Å²) in [5.74, 6) is 0.218. The first kappa shape index (κ1) is 13.2. The molecule has 1 aromatic heterocycles. The van der Waals surface area contributed by atoms with Crippen LogP contribution in [0.5, 0.6) is 0 Å². The third-order valence-corrected chi connectivity index (χ3v) is 2.11. The van der Waals surface area contributed by atoms with E-state index >= 15 is 0 Å². The van der Waals surface area contributed by atoms with Gasteiger partial charge in [0.05, 0.1) is 24.7 Å². The number of esters is 1. The van der Waals surface area contributed by atoms with E-state index in [2.05, 4.69) is 9.97 Å². The van der Waals surface area contributed by atoms with Crippen LogP contribution in [0.15, 0.2) is 18.0 Å². The topological polar surface area (TPSA) is 78.1 Å². The molecule has 0 aliphatic heterocycles. The Morgan fingerprint density at radius 2 is 2.18 bits per heavy atom. The Bertz CT molecular complexity index is 399. The molecule has 0 amide bonds. The van der Waals surface area contributed by atoms with E-state index in [0.717, 1.165) is 11.3 Å². The molecule has 0 radical (unpaired) electrons. The predicted octanol–water partition coefficient (Wildman–Crippen LogP) is 1.81. The van der Waals surface area contributed by atoms with E-state index in [0.29, 0.717) is 25.3 Å². The fourth-order valence-electron chi connectivity index (χ4n) is 1.28. The molecule has 0 saturated carbocycles. The first-order valence-electron chi connectivity index (χ1n) is 5.52. The Balaban J connectivity index is 2.49. The third kappa shape index (κ3) is 5.10. The van der Waals surface area contributed by atoms with E-state index in [-0.39, 0.29) is 5.97 Å². The Morgan fingerprint density at radius 3 is 2.76 bits per heavy atom. The van der Waals surface area contributed by atoms with Crippen molar-refractivity contribution < 1.29 is 9.53 Å². The summed E-state index contributed by atoms with van der Waals surface area (Å²) in [5, 5.41) is 0. The van der Waals surface area contributed by atoms with Gasteiger partial charge in [0.1, 0.15) is 5.82 Å². The second kappa shape index (κ2) is 6.62. The Morgan fingerprint density at radius 1 is 1.41 bits per heavy atom. The van der Waals surface area contributed by atoms with Crippen LogP contribution in [0.4, 0.5) is 5.82 Å². The average Bonchev–Trinajstić information content (AvgIpc) is 2.30. The van der Waals surface area contributed by atoms with Crippen molar-refractivity contribution >= 4 is 17.9 Å². The highest BCUT2D eigenvalue weighted by atomic mass is 16.5. The van der Waals surface area contributed by atoms with Gasteiger partial charge in [-0.15, -0.1) is 0 Å². The van der Waals surface area contributed by atoms with Crippen molar-refractivity contribution in [2.45, 2.75) is 26.7 Å². The number of anilines is 1. The molecule has 0 bridgehead atoms. The molecule has 0 saturated heterocycles. The van der Waals surface area contributed by atoms with E-state index in [4.69, 9.17) is 10.5 Å². The summed E-state index contributed by atoms with van der Waals surface area (Å²) in [6, 6.07) is 0. The summed E-state index contributed by atoms with van der Waals surface area (Å²) in [5.41, 5.74) is 7.22. The molecule has 0 fully saturated rings. The molecule has 1 aromatic rings. The zero-order valence-electron chi connectivity index (χ0n) is 10.1. The lowest BCUT2D eigenvalue weighted by atomic mass is 10.1. The lowest BCUT2D eigenvalue weighted by molar-refractivity contribution is -0.143. The highest BCUT2D eigenvalue weighted by Gasteiger charge is 2.02. The summed E-state index contributed by atoms with van der Waals surface area (Å²) in [7, 11) is 0. The van der Waals surface area contributed by atoms with Crippen LogP contribution in [0, 0.1) is 0 Å². The number of allylic oxidation sites excluding steroid dienone is 1. The van der Waals surface area contributed by atoms with Gasteiger partial charge in [0.2, 0.25) is 0 Å². The number of nitrogens with zero attached hydrogens (tertiary/aromatic N) is 2. The van der Waals surface area contributed by atoms with Gasteiger partial charge in [-0.25, -0.2) is 4.98 Å². The van der Waals surface area contributed by atoms with Crippen molar-refractivity contribution in [3.05, 3.63) is 23.7 Å². The maximum absolute atomic E-state index is 11.2. The minimum atomic E-state index is -0.177. The standard InChI is InChI=1S/C12H17N3O2/c1-3-17-12(16)5-4-9(2)6-10-7-15-11(13)8-14-10/h6-8H,3-5H2,1-2H3,(H2,13,15)/b9-6+. The van der Waals surface area contributed by atoms with Gasteiger partial charge < -0.3 is 10.5 Å². The van der Waals surface area contributed by atoms with Gasteiger partial charge >= 0.3 is 5.97 Å². The fourth-order valence-corrected chi connectivity index (χ4v) is 1.28. The number of carbonyl (C=O) groups is 1. The second-order valence-corrected chi connectivity index (χ2v) is 3.66. The van der Waals surface area contributed by atoms with E-state index in [1.54, 1.807) is 13.1 Å². The van der Waals surface area contributed by atoms with Crippen LogP contribution >= 0.6 is 0 Å². The van der Waals surface area contributed by atoms with E-state index in [9.17, 15) is 4.79 Å². The monoisotopic (exact) mass is 235 g/mol. The normalized spacial score (nSPS) is 11.3. The van der Waals surface area contributed by atoms with Crippen molar-refractivity contribution in [3.8, 4) is 0 Å². The van der Waals surface area contributed by atoms with Crippen LogP contribution in [0.3, 0.4) is 0 Å². The molecule has 0 aliphatic carbocycles. The molecule has 0 spiro atoms. The fraction of sp³-hybridized carbons (Fsp3) is 0.417. The summed E-state index contributed by atoms with van der Waals surface area (Å²) in [6.07, 6.45) is 6.03. The molecule has 1 heterocycles.